The standard InChI is InChI=1S/C22H21ClFN3O3S/c1-12-9-26-22(31-12)15-5-14(6-18(7-15)30-17-3-4-29-11-17)21(28)27-13(2)20-19(24)8-16(23)10-25-20/h5-10,13,17H,3-4,11H2,1-2H3,(H,27,28). The van der Waals surface area contributed by atoms with E-state index in [1.54, 1.807) is 25.3 Å². The van der Waals surface area contributed by atoms with Gasteiger partial charge in [0.05, 0.1) is 30.0 Å². The van der Waals surface area contributed by atoms with Crippen LogP contribution in [0.4, 0.5) is 4.39 Å². The van der Waals surface area contributed by atoms with Crippen molar-refractivity contribution < 1.29 is 18.7 Å². The number of hydrogen-bond donors (Lipinski definition) is 1. The normalized spacial score (nSPS) is 16.8. The third-order valence-corrected chi connectivity index (χ3v) is 5.99. The maximum absolute atomic E-state index is 14.2. The number of halogens is 2. The van der Waals surface area contributed by atoms with Crippen molar-refractivity contribution in [1.82, 2.24) is 15.3 Å². The molecule has 31 heavy (non-hydrogen) atoms. The number of thiazole rings is 1. The molecule has 0 radical (unpaired) electrons. The summed E-state index contributed by atoms with van der Waals surface area (Å²) in [6, 6.07) is 5.83. The number of aryl methyl sites for hydroxylation is 1. The van der Waals surface area contributed by atoms with Crippen LogP contribution < -0.4 is 10.1 Å². The van der Waals surface area contributed by atoms with Gasteiger partial charge in [0.15, 0.2) is 0 Å². The first-order valence-corrected chi connectivity index (χ1v) is 11.0. The highest BCUT2D eigenvalue weighted by atomic mass is 35.5. The lowest BCUT2D eigenvalue weighted by Gasteiger charge is -2.17. The van der Waals surface area contributed by atoms with Crippen LogP contribution in [0.15, 0.2) is 36.7 Å². The molecule has 2 aromatic heterocycles. The Morgan fingerprint density at radius 1 is 1.32 bits per heavy atom. The molecule has 0 aliphatic carbocycles. The molecule has 0 spiro atoms. The maximum Gasteiger partial charge on any atom is 0.251 e. The molecule has 1 N–H and O–H groups in total. The molecule has 1 saturated heterocycles. The summed E-state index contributed by atoms with van der Waals surface area (Å²) < 4.78 is 25.6. The maximum atomic E-state index is 14.2. The van der Waals surface area contributed by atoms with Gasteiger partial charge in [0.2, 0.25) is 0 Å². The fraction of sp³-hybridized carbons (Fsp3) is 0.318. The van der Waals surface area contributed by atoms with Crippen molar-refractivity contribution in [2.24, 2.45) is 0 Å². The molecule has 1 amide bonds. The Morgan fingerprint density at radius 3 is 2.84 bits per heavy atom. The molecule has 1 aliphatic heterocycles. The van der Waals surface area contributed by atoms with E-state index in [4.69, 9.17) is 21.1 Å². The molecule has 1 aromatic carbocycles. The van der Waals surface area contributed by atoms with E-state index in [-0.39, 0.29) is 22.7 Å². The van der Waals surface area contributed by atoms with Crippen molar-refractivity contribution in [2.75, 3.05) is 13.2 Å². The largest absolute Gasteiger partial charge is 0.488 e. The van der Waals surface area contributed by atoms with Gasteiger partial charge < -0.3 is 14.8 Å². The second kappa shape index (κ2) is 9.30. The molecule has 0 bridgehead atoms. The zero-order valence-electron chi connectivity index (χ0n) is 17.0. The van der Waals surface area contributed by atoms with E-state index in [1.165, 1.54) is 23.6 Å². The molecule has 3 heterocycles. The van der Waals surface area contributed by atoms with Crippen molar-refractivity contribution in [3.63, 3.8) is 0 Å². The summed E-state index contributed by atoms with van der Waals surface area (Å²) in [7, 11) is 0. The van der Waals surface area contributed by atoms with E-state index in [0.717, 1.165) is 21.9 Å². The monoisotopic (exact) mass is 461 g/mol. The number of carbonyl (C=O) groups is 1. The number of ether oxygens (including phenoxy) is 2. The third kappa shape index (κ3) is 5.20. The zero-order valence-corrected chi connectivity index (χ0v) is 18.6. The fourth-order valence-electron chi connectivity index (χ4n) is 3.30. The second-order valence-electron chi connectivity index (χ2n) is 7.34. The molecule has 1 aliphatic rings. The van der Waals surface area contributed by atoms with E-state index >= 15 is 0 Å². The zero-order chi connectivity index (χ0) is 22.0. The Hall–Kier alpha value is -2.55. The quantitative estimate of drug-likeness (QED) is 0.561. The third-order valence-electron chi connectivity index (χ3n) is 4.82. The van der Waals surface area contributed by atoms with Crippen LogP contribution in [0, 0.1) is 12.7 Å². The molecule has 0 saturated carbocycles. The van der Waals surface area contributed by atoms with E-state index in [9.17, 15) is 9.18 Å². The molecule has 2 atom stereocenters. The summed E-state index contributed by atoms with van der Waals surface area (Å²) in [6.45, 7) is 4.81. The summed E-state index contributed by atoms with van der Waals surface area (Å²) in [5.41, 5.74) is 1.28. The molecule has 1 fully saturated rings. The van der Waals surface area contributed by atoms with Crippen molar-refractivity contribution in [3.05, 3.63) is 63.6 Å². The first-order valence-electron chi connectivity index (χ1n) is 9.83. The highest BCUT2D eigenvalue weighted by molar-refractivity contribution is 7.14. The highest BCUT2D eigenvalue weighted by Crippen LogP contribution is 2.31. The number of hydrogen-bond acceptors (Lipinski definition) is 6. The number of rotatable bonds is 6. The Bertz CT molecular complexity index is 1100. The average Bonchev–Trinajstić information content (AvgIpc) is 3.39. The summed E-state index contributed by atoms with van der Waals surface area (Å²) in [5.74, 6) is -0.377. The molecule has 9 heteroatoms. The van der Waals surface area contributed by atoms with Gasteiger partial charge in [-0.15, -0.1) is 11.3 Å². The SMILES string of the molecule is Cc1cnc(-c2cc(OC3CCOC3)cc(C(=O)NC(C)c3ncc(Cl)cc3F)c2)s1. The minimum absolute atomic E-state index is 0.0597. The van der Waals surface area contributed by atoms with Crippen LogP contribution >= 0.6 is 22.9 Å². The van der Waals surface area contributed by atoms with E-state index in [1.807, 2.05) is 13.0 Å². The number of amides is 1. The molecular formula is C22H21ClFN3O3S. The predicted molar refractivity (Wildman–Crippen MR) is 117 cm³/mol. The van der Waals surface area contributed by atoms with Crippen LogP contribution in [0.2, 0.25) is 5.02 Å². The van der Waals surface area contributed by atoms with E-state index in [0.29, 0.717) is 24.5 Å². The molecule has 2 unspecified atom stereocenters. The highest BCUT2D eigenvalue weighted by Gasteiger charge is 2.21. The molecule has 6 nitrogen and oxygen atoms in total. The van der Waals surface area contributed by atoms with Gasteiger partial charge in [-0.25, -0.2) is 9.37 Å². The number of carbonyl (C=O) groups excluding carboxylic acids is 1. The molecule has 3 aromatic rings. The lowest BCUT2D eigenvalue weighted by atomic mass is 10.1. The number of pyridine rings is 1. The van der Waals surface area contributed by atoms with Gasteiger partial charge in [0.25, 0.3) is 5.91 Å². The Balaban J connectivity index is 1.61. The van der Waals surface area contributed by atoms with Gasteiger partial charge in [-0.05, 0) is 38.1 Å². The van der Waals surface area contributed by atoms with Gasteiger partial charge in [0.1, 0.15) is 22.7 Å². The first kappa shape index (κ1) is 21.7. The van der Waals surface area contributed by atoms with Crippen LogP contribution in [0.3, 0.4) is 0 Å². The average molecular weight is 462 g/mol. The van der Waals surface area contributed by atoms with Crippen molar-refractivity contribution in [1.29, 1.82) is 0 Å². The smallest absolute Gasteiger partial charge is 0.251 e. The topological polar surface area (TPSA) is 73.3 Å². The summed E-state index contributed by atoms with van der Waals surface area (Å²) in [5, 5.41) is 3.78. The van der Waals surface area contributed by atoms with Crippen LogP contribution in [-0.4, -0.2) is 35.2 Å². The van der Waals surface area contributed by atoms with Crippen LogP contribution in [0.25, 0.3) is 10.6 Å². The molecule has 162 valence electrons. The van der Waals surface area contributed by atoms with Crippen LogP contribution in [-0.2, 0) is 4.74 Å². The van der Waals surface area contributed by atoms with Crippen molar-refractivity contribution in [2.45, 2.75) is 32.4 Å². The number of nitrogens with one attached hydrogen (secondary N) is 1. The lowest BCUT2D eigenvalue weighted by molar-refractivity contribution is 0.0937. The first-order chi connectivity index (χ1) is 14.9. The fourth-order valence-corrected chi connectivity index (χ4v) is 4.20. The Morgan fingerprint density at radius 2 is 2.16 bits per heavy atom. The number of aromatic nitrogens is 2. The van der Waals surface area contributed by atoms with Gasteiger partial charge in [-0.1, -0.05) is 11.6 Å². The minimum atomic E-state index is -0.650. The van der Waals surface area contributed by atoms with Gasteiger partial charge in [-0.2, -0.15) is 0 Å². The lowest BCUT2D eigenvalue weighted by Crippen LogP contribution is -2.28. The minimum Gasteiger partial charge on any atom is -0.488 e. The second-order valence-corrected chi connectivity index (χ2v) is 9.01. The number of benzene rings is 1. The van der Waals surface area contributed by atoms with Gasteiger partial charge in [-0.3, -0.25) is 9.78 Å². The van der Waals surface area contributed by atoms with E-state index in [2.05, 4.69) is 15.3 Å². The molecular weight excluding hydrogens is 441 g/mol. The summed E-state index contributed by atoms with van der Waals surface area (Å²) in [4.78, 5) is 22.5. The predicted octanol–water partition coefficient (Wildman–Crippen LogP) is 4.96. The summed E-state index contributed by atoms with van der Waals surface area (Å²) >= 11 is 7.30. The Labute approximate surface area is 188 Å². The van der Waals surface area contributed by atoms with E-state index < -0.39 is 11.9 Å². The van der Waals surface area contributed by atoms with Crippen LogP contribution in [0.1, 0.15) is 40.3 Å². The number of nitrogens with zero attached hydrogens (tertiary/aromatic N) is 2. The van der Waals surface area contributed by atoms with Gasteiger partial charge in [0, 0.05) is 34.8 Å². The van der Waals surface area contributed by atoms with Crippen molar-refractivity contribution >= 4 is 28.8 Å². The van der Waals surface area contributed by atoms with Crippen molar-refractivity contribution in [3.8, 4) is 16.3 Å². The summed E-state index contributed by atoms with van der Waals surface area (Å²) in [6.07, 6.45) is 3.87. The Kier molecular flexibility index (Phi) is 6.50. The van der Waals surface area contributed by atoms with Gasteiger partial charge >= 0.3 is 0 Å². The van der Waals surface area contributed by atoms with Crippen LogP contribution in [0.5, 0.6) is 5.75 Å². The molecule has 4 rings (SSSR count).